The van der Waals surface area contributed by atoms with Crippen molar-refractivity contribution in [3.05, 3.63) is 75.3 Å². The molecule has 10 nitrogen and oxygen atoms in total. The number of hydrogen-bond acceptors (Lipinski definition) is 8. The summed E-state index contributed by atoms with van der Waals surface area (Å²) in [4.78, 5) is 40.5. The van der Waals surface area contributed by atoms with Crippen LogP contribution in [0, 0.1) is 10.1 Å². The lowest BCUT2D eigenvalue weighted by Crippen LogP contribution is -2.42. The van der Waals surface area contributed by atoms with Gasteiger partial charge < -0.3 is 19.5 Å². The Labute approximate surface area is 196 Å². The minimum atomic E-state index is -0.956. The van der Waals surface area contributed by atoms with E-state index in [4.69, 9.17) is 9.47 Å². The molecule has 1 N–H and O–H groups in total. The first-order valence-electron chi connectivity index (χ1n) is 10.9. The Bertz CT molecular complexity index is 1120. The van der Waals surface area contributed by atoms with Crippen LogP contribution in [-0.2, 0) is 14.3 Å². The normalized spacial score (nSPS) is 20.5. The third-order valence-electron chi connectivity index (χ3n) is 6.06. The first-order valence-corrected chi connectivity index (χ1v) is 10.9. The molecule has 2 saturated heterocycles. The first kappa shape index (κ1) is 23.4. The molecule has 0 aromatic heterocycles. The van der Waals surface area contributed by atoms with E-state index in [0.29, 0.717) is 49.7 Å². The number of non-ortho nitro benzene ring substituents is 1. The summed E-state index contributed by atoms with van der Waals surface area (Å²) in [5.74, 6) is -1.35. The van der Waals surface area contributed by atoms with Crippen LogP contribution in [0.2, 0.25) is 0 Å². The van der Waals surface area contributed by atoms with Crippen LogP contribution >= 0.6 is 0 Å². The zero-order valence-corrected chi connectivity index (χ0v) is 18.7. The molecular weight excluding hydrogens is 442 g/mol. The molecule has 0 bridgehead atoms. The number of Topliss-reactive ketones (excluding diaryl/α,β-unsaturated/α-hetero) is 1. The summed E-state index contributed by atoms with van der Waals surface area (Å²) in [7, 11) is 1.51. The molecule has 1 atom stereocenters. The van der Waals surface area contributed by atoms with Crippen LogP contribution in [0.4, 0.5) is 5.69 Å². The highest BCUT2D eigenvalue weighted by atomic mass is 16.6. The van der Waals surface area contributed by atoms with Gasteiger partial charge in [0.2, 0.25) is 0 Å². The van der Waals surface area contributed by atoms with Crippen molar-refractivity contribution in [2.24, 2.45) is 0 Å². The highest BCUT2D eigenvalue weighted by Gasteiger charge is 2.46. The van der Waals surface area contributed by atoms with E-state index < -0.39 is 22.7 Å². The largest absolute Gasteiger partial charge is 0.507 e. The molecule has 0 saturated carbocycles. The predicted molar refractivity (Wildman–Crippen MR) is 122 cm³/mol. The summed E-state index contributed by atoms with van der Waals surface area (Å²) < 4.78 is 10.5. The minimum Gasteiger partial charge on any atom is -0.507 e. The van der Waals surface area contributed by atoms with Gasteiger partial charge in [-0.1, -0.05) is 12.1 Å². The molecule has 0 radical (unpaired) electrons. The van der Waals surface area contributed by atoms with Crippen molar-refractivity contribution in [3.8, 4) is 5.75 Å². The number of morpholine rings is 1. The molecule has 2 aromatic rings. The number of ketones is 1. The topological polar surface area (TPSA) is 122 Å². The van der Waals surface area contributed by atoms with E-state index in [0.717, 1.165) is 0 Å². The fourth-order valence-electron chi connectivity index (χ4n) is 4.24. The molecule has 1 unspecified atom stereocenters. The summed E-state index contributed by atoms with van der Waals surface area (Å²) in [6.07, 6.45) is 0. The number of benzene rings is 2. The Balaban J connectivity index is 1.76. The highest BCUT2D eigenvalue weighted by molar-refractivity contribution is 6.46. The Morgan fingerprint density at radius 2 is 1.85 bits per heavy atom. The zero-order chi connectivity index (χ0) is 24.2. The van der Waals surface area contributed by atoms with Crippen molar-refractivity contribution in [2.45, 2.75) is 6.04 Å². The van der Waals surface area contributed by atoms with Crippen LogP contribution in [0.25, 0.3) is 5.76 Å². The number of carbonyl (C=O) groups excluding carboxylic acids is 2. The molecule has 2 heterocycles. The molecule has 178 valence electrons. The van der Waals surface area contributed by atoms with Gasteiger partial charge in [-0.2, -0.15) is 0 Å². The summed E-state index contributed by atoms with van der Waals surface area (Å²) in [6.45, 7) is 3.31. The average molecular weight is 467 g/mol. The van der Waals surface area contributed by atoms with E-state index in [2.05, 4.69) is 4.90 Å². The van der Waals surface area contributed by atoms with E-state index in [1.165, 1.54) is 30.2 Å². The maximum atomic E-state index is 13.1. The SMILES string of the molecule is COc1ccc(/C(O)=C2/C(=O)C(=O)N(CCN3CCOCC3)C2c2cccc([N+](=O)[O-])c2)cc1. The van der Waals surface area contributed by atoms with E-state index >= 15 is 0 Å². The number of ether oxygens (including phenoxy) is 2. The second-order valence-electron chi connectivity index (χ2n) is 8.03. The van der Waals surface area contributed by atoms with Gasteiger partial charge in [-0.25, -0.2) is 0 Å². The van der Waals surface area contributed by atoms with Crippen molar-refractivity contribution in [3.63, 3.8) is 0 Å². The Morgan fingerprint density at radius 3 is 2.50 bits per heavy atom. The molecule has 0 aliphatic carbocycles. The number of methoxy groups -OCH3 is 1. The zero-order valence-electron chi connectivity index (χ0n) is 18.7. The molecule has 2 aliphatic rings. The van der Waals surface area contributed by atoms with Gasteiger partial charge in [-0.15, -0.1) is 0 Å². The van der Waals surface area contributed by atoms with Crippen LogP contribution in [0.15, 0.2) is 54.1 Å². The van der Waals surface area contributed by atoms with Gasteiger partial charge in [0.15, 0.2) is 0 Å². The third kappa shape index (κ3) is 4.63. The van der Waals surface area contributed by atoms with E-state index in [1.54, 1.807) is 30.3 Å². The van der Waals surface area contributed by atoms with Crippen molar-refractivity contribution >= 4 is 23.1 Å². The van der Waals surface area contributed by atoms with Gasteiger partial charge in [0.25, 0.3) is 17.4 Å². The number of carbonyl (C=O) groups is 2. The smallest absolute Gasteiger partial charge is 0.295 e. The summed E-state index contributed by atoms with van der Waals surface area (Å²) in [5.41, 5.74) is 0.450. The van der Waals surface area contributed by atoms with Gasteiger partial charge in [0.1, 0.15) is 11.5 Å². The lowest BCUT2D eigenvalue weighted by molar-refractivity contribution is -0.384. The lowest BCUT2D eigenvalue weighted by atomic mass is 9.95. The number of rotatable bonds is 7. The second kappa shape index (κ2) is 10.0. The van der Waals surface area contributed by atoms with Crippen molar-refractivity contribution in [2.75, 3.05) is 46.5 Å². The van der Waals surface area contributed by atoms with Crippen molar-refractivity contribution < 1.29 is 29.1 Å². The van der Waals surface area contributed by atoms with Crippen molar-refractivity contribution in [1.29, 1.82) is 0 Å². The highest BCUT2D eigenvalue weighted by Crippen LogP contribution is 2.40. The van der Waals surface area contributed by atoms with Gasteiger partial charge in [0.05, 0.1) is 36.9 Å². The third-order valence-corrected chi connectivity index (χ3v) is 6.06. The van der Waals surface area contributed by atoms with E-state index in [-0.39, 0.29) is 23.6 Å². The van der Waals surface area contributed by atoms with Crippen LogP contribution in [-0.4, -0.2) is 78.0 Å². The van der Waals surface area contributed by atoms with Gasteiger partial charge in [-0.3, -0.25) is 24.6 Å². The van der Waals surface area contributed by atoms with Crippen LogP contribution < -0.4 is 4.74 Å². The number of aliphatic hydroxyl groups excluding tert-OH is 1. The maximum absolute atomic E-state index is 13.1. The van der Waals surface area contributed by atoms with E-state index in [1.807, 2.05) is 0 Å². The maximum Gasteiger partial charge on any atom is 0.295 e. The van der Waals surface area contributed by atoms with Gasteiger partial charge >= 0.3 is 0 Å². The molecule has 1 amide bonds. The van der Waals surface area contributed by atoms with Crippen molar-refractivity contribution in [1.82, 2.24) is 9.80 Å². The molecule has 34 heavy (non-hydrogen) atoms. The Kier molecular flexibility index (Phi) is 6.90. The first-order chi connectivity index (χ1) is 16.4. The predicted octanol–water partition coefficient (Wildman–Crippen LogP) is 2.36. The monoisotopic (exact) mass is 467 g/mol. The van der Waals surface area contributed by atoms with Gasteiger partial charge in [0, 0.05) is 43.9 Å². The fraction of sp³-hybridized carbons (Fsp3) is 0.333. The number of nitrogens with zero attached hydrogens (tertiary/aromatic N) is 3. The summed E-state index contributed by atoms with van der Waals surface area (Å²) in [6, 6.07) is 11.3. The number of nitro groups is 1. The molecule has 2 aliphatic heterocycles. The standard InChI is InChI=1S/C24H25N3O7/c1-33-19-7-5-16(6-8-19)22(28)20-21(17-3-2-4-18(15-17)27(31)32)26(24(30)23(20)29)10-9-25-11-13-34-14-12-25/h2-8,15,21,28H,9-14H2,1H3/b22-20-. The van der Waals surface area contributed by atoms with Crippen LogP contribution in [0.3, 0.4) is 0 Å². The molecule has 2 fully saturated rings. The summed E-state index contributed by atoms with van der Waals surface area (Å²) >= 11 is 0. The molecule has 2 aromatic carbocycles. The molecule has 10 heteroatoms. The molecular formula is C24H25N3O7. The number of amides is 1. The number of hydrogen-bond donors (Lipinski definition) is 1. The molecule has 0 spiro atoms. The summed E-state index contributed by atoms with van der Waals surface area (Å²) in [5, 5.41) is 22.5. The van der Waals surface area contributed by atoms with E-state index in [9.17, 15) is 24.8 Å². The molecule has 4 rings (SSSR count). The minimum absolute atomic E-state index is 0.0994. The second-order valence-corrected chi connectivity index (χ2v) is 8.03. The quantitative estimate of drug-likeness (QED) is 0.217. The Hall–Kier alpha value is -3.76. The number of nitro benzene ring substituents is 1. The fourth-order valence-corrected chi connectivity index (χ4v) is 4.24. The number of aliphatic hydroxyl groups is 1. The van der Waals surface area contributed by atoms with Crippen LogP contribution in [0.1, 0.15) is 17.2 Å². The average Bonchev–Trinajstić information content (AvgIpc) is 3.12. The number of likely N-dealkylation sites (tertiary alicyclic amines) is 1. The van der Waals surface area contributed by atoms with Gasteiger partial charge in [-0.05, 0) is 29.8 Å². The van der Waals surface area contributed by atoms with Crippen LogP contribution in [0.5, 0.6) is 5.75 Å². The lowest BCUT2D eigenvalue weighted by Gasteiger charge is -2.31. The Morgan fingerprint density at radius 1 is 1.15 bits per heavy atom.